The van der Waals surface area contributed by atoms with Crippen molar-refractivity contribution in [3.05, 3.63) is 59.7 Å². The van der Waals surface area contributed by atoms with Crippen LogP contribution in [0.1, 0.15) is 30.0 Å². The third-order valence-electron chi connectivity index (χ3n) is 5.06. The van der Waals surface area contributed by atoms with Gasteiger partial charge in [0.25, 0.3) is 0 Å². The molecule has 0 radical (unpaired) electrons. The highest BCUT2D eigenvalue weighted by Gasteiger charge is 2.30. The summed E-state index contributed by atoms with van der Waals surface area (Å²) in [5, 5.41) is 9.28. The maximum absolute atomic E-state index is 11.3. The van der Waals surface area contributed by atoms with E-state index < -0.39 is 5.97 Å². The number of nitrogens with zero attached hydrogens (tertiary/aromatic N) is 1. The van der Waals surface area contributed by atoms with Gasteiger partial charge in [-0.05, 0) is 61.3 Å². The van der Waals surface area contributed by atoms with E-state index in [4.69, 9.17) is 9.47 Å². The smallest absolute Gasteiger partial charge is 0.306 e. The molecule has 1 heterocycles. The number of rotatable bonds is 6. The monoisotopic (exact) mass is 355 g/mol. The number of methoxy groups -OCH3 is 2. The van der Waals surface area contributed by atoms with Crippen LogP contribution in [0.4, 0.5) is 0 Å². The van der Waals surface area contributed by atoms with Crippen LogP contribution < -0.4 is 9.47 Å². The van der Waals surface area contributed by atoms with E-state index in [1.54, 1.807) is 14.2 Å². The molecule has 0 aliphatic carbocycles. The minimum atomic E-state index is -0.691. The lowest BCUT2D eigenvalue weighted by Crippen LogP contribution is -2.39. The summed E-state index contributed by atoms with van der Waals surface area (Å²) >= 11 is 0. The van der Waals surface area contributed by atoms with Gasteiger partial charge in [-0.25, -0.2) is 0 Å². The predicted molar refractivity (Wildman–Crippen MR) is 99.8 cm³/mol. The van der Waals surface area contributed by atoms with Crippen LogP contribution in [0.25, 0.3) is 0 Å². The number of carboxylic acid groups (broad SMARTS) is 1. The van der Waals surface area contributed by atoms with Gasteiger partial charge < -0.3 is 14.6 Å². The Balaban J connectivity index is 1.95. The van der Waals surface area contributed by atoms with E-state index in [-0.39, 0.29) is 12.0 Å². The van der Waals surface area contributed by atoms with Crippen molar-refractivity contribution in [2.45, 2.75) is 18.9 Å². The van der Waals surface area contributed by atoms with Crippen LogP contribution in [-0.2, 0) is 4.79 Å². The van der Waals surface area contributed by atoms with Crippen molar-refractivity contribution < 1.29 is 19.4 Å². The molecular weight excluding hydrogens is 330 g/mol. The van der Waals surface area contributed by atoms with Crippen LogP contribution in [0.5, 0.6) is 11.5 Å². The topological polar surface area (TPSA) is 59.0 Å². The summed E-state index contributed by atoms with van der Waals surface area (Å²) in [6, 6.07) is 16.2. The Bertz CT molecular complexity index is 706. The van der Waals surface area contributed by atoms with Crippen LogP contribution >= 0.6 is 0 Å². The van der Waals surface area contributed by atoms with Gasteiger partial charge in [0.05, 0.1) is 26.2 Å². The molecular formula is C21H25NO4. The van der Waals surface area contributed by atoms with E-state index in [1.165, 1.54) is 0 Å². The molecule has 5 nitrogen and oxygen atoms in total. The molecule has 1 aliphatic heterocycles. The van der Waals surface area contributed by atoms with Crippen molar-refractivity contribution in [1.29, 1.82) is 0 Å². The first-order valence-electron chi connectivity index (χ1n) is 8.87. The van der Waals surface area contributed by atoms with Crippen molar-refractivity contribution >= 4 is 5.97 Å². The zero-order valence-electron chi connectivity index (χ0n) is 15.2. The Kier molecular flexibility index (Phi) is 5.78. The molecule has 2 aromatic rings. The zero-order valence-corrected chi connectivity index (χ0v) is 15.2. The SMILES string of the molecule is COc1cccc(C(c2cccc(OC)c2)N2CCC(C(=O)O)CC2)c1. The number of benzene rings is 2. The summed E-state index contributed by atoms with van der Waals surface area (Å²) in [4.78, 5) is 13.6. The standard InChI is InChI=1S/C21H25NO4/c1-25-18-7-3-5-16(13-18)20(17-6-4-8-19(14-17)26-2)22-11-9-15(10-12-22)21(23)24/h3-8,13-15,20H,9-12H2,1-2H3,(H,23,24). The highest BCUT2D eigenvalue weighted by atomic mass is 16.5. The van der Waals surface area contributed by atoms with E-state index in [2.05, 4.69) is 17.0 Å². The summed E-state index contributed by atoms with van der Waals surface area (Å²) in [6.45, 7) is 1.49. The fourth-order valence-corrected chi connectivity index (χ4v) is 3.64. The van der Waals surface area contributed by atoms with Gasteiger partial charge in [-0.3, -0.25) is 9.69 Å². The molecule has 1 N–H and O–H groups in total. The van der Waals surface area contributed by atoms with Gasteiger partial charge in [-0.2, -0.15) is 0 Å². The number of likely N-dealkylation sites (tertiary alicyclic amines) is 1. The largest absolute Gasteiger partial charge is 0.497 e. The fourth-order valence-electron chi connectivity index (χ4n) is 3.64. The molecule has 138 valence electrons. The molecule has 1 saturated heterocycles. The van der Waals surface area contributed by atoms with Gasteiger partial charge >= 0.3 is 5.97 Å². The molecule has 1 fully saturated rings. The average molecular weight is 355 g/mol. The summed E-state index contributed by atoms with van der Waals surface area (Å²) < 4.78 is 10.8. The summed E-state index contributed by atoms with van der Waals surface area (Å²) in [5.74, 6) is 0.693. The highest BCUT2D eigenvalue weighted by molar-refractivity contribution is 5.70. The second-order valence-electron chi connectivity index (χ2n) is 6.60. The van der Waals surface area contributed by atoms with Crippen molar-refractivity contribution in [3.8, 4) is 11.5 Å². The number of carboxylic acids is 1. The lowest BCUT2D eigenvalue weighted by atomic mass is 9.91. The molecule has 3 rings (SSSR count). The van der Waals surface area contributed by atoms with Gasteiger partial charge in [0.15, 0.2) is 0 Å². The van der Waals surface area contributed by atoms with Gasteiger partial charge in [0.2, 0.25) is 0 Å². The molecule has 2 aromatic carbocycles. The van der Waals surface area contributed by atoms with Gasteiger partial charge in [-0.1, -0.05) is 24.3 Å². The molecule has 0 spiro atoms. The molecule has 26 heavy (non-hydrogen) atoms. The predicted octanol–water partition coefficient (Wildman–Crippen LogP) is 3.59. The average Bonchev–Trinajstić information content (AvgIpc) is 2.69. The molecule has 0 unspecified atom stereocenters. The van der Waals surface area contributed by atoms with Crippen molar-refractivity contribution in [3.63, 3.8) is 0 Å². The molecule has 1 aliphatic rings. The van der Waals surface area contributed by atoms with E-state index in [1.807, 2.05) is 36.4 Å². The minimum Gasteiger partial charge on any atom is -0.497 e. The lowest BCUT2D eigenvalue weighted by Gasteiger charge is -2.37. The third-order valence-corrected chi connectivity index (χ3v) is 5.06. The van der Waals surface area contributed by atoms with Gasteiger partial charge in [0.1, 0.15) is 11.5 Å². The number of hydrogen-bond donors (Lipinski definition) is 1. The van der Waals surface area contributed by atoms with Crippen LogP contribution in [0.2, 0.25) is 0 Å². The molecule has 0 atom stereocenters. The normalized spacial score (nSPS) is 15.8. The first-order chi connectivity index (χ1) is 12.6. The first kappa shape index (κ1) is 18.3. The summed E-state index contributed by atoms with van der Waals surface area (Å²) in [7, 11) is 3.33. The number of hydrogen-bond acceptors (Lipinski definition) is 4. The second-order valence-corrected chi connectivity index (χ2v) is 6.60. The summed E-state index contributed by atoms with van der Waals surface area (Å²) in [5.41, 5.74) is 2.26. The van der Waals surface area contributed by atoms with Crippen molar-refractivity contribution in [1.82, 2.24) is 4.90 Å². The Labute approximate surface area is 154 Å². The Morgan fingerprint density at radius 2 is 1.50 bits per heavy atom. The molecule has 0 aromatic heterocycles. The van der Waals surface area contributed by atoms with E-state index in [0.717, 1.165) is 35.7 Å². The van der Waals surface area contributed by atoms with Crippen LogP contribution in [0, 0.1) is 5.92 Å². The summed E-state index contributed by atoms with van der Waals surface area (Å²) in [6.07, 6.45) is 1.33. The van der Waals surface area contributed by atoms with E-state index in [9.17, 15) is 9.90 Å². The van der Waals surface area contributed by atoms with Crippen LogP contribution in [-0.4, -0.2) is 43.3 Å². The number of piperidine rings is 1. The first-order valence-corrected chi connectivity index (χ1v) is 8.87. The second kappa shape index (κ2) is 8.23. The third kappa shape index (κ3) is 3.99. The molecule has 5 heteroatoms. The van der Waals surface area contributed by atoms with Crippen molar-refractivity contribution in [2.75, 3.05) is 27.3 Å². The Morgan fingerprint density at radius 1 is 1.00 bits per heavy atom. The van der Waals surface area contributed by atoms with Crippen LogP contribution in [0.3, 0.4) is 0 Å². The lowest BCUT2D eigenvalue weighted by molar-refractivity contribution is -0.143. The maximum Gasteiger partial charge on any atom is 0.306 e. The van der Waals surface area contributed by atoms with Gasteiger partial charge in [0, 0.05) is 0 Å². The van der Waals surface area contributed by atoms with E-state index >= 15 is 0 Å². The highest BCUT2D eigenvalue weighted by Crippen LogP contribution is 2.35. The molecule has 0 saturated carbocycles. The number of ether oxygens (including phenoxy) is 2. The number of aliphatic carboxylic acids is 1. The van der Waals surface area contributed by atoms with Crippen LogP contribution in [0.15, 0.2) is 48.5 Å². The molecule has 0 amide bonds. The Morgan fingerprint density at radius 3 is 1.92 bits per heavy atom. The zero-order chi connectivity index (χ0) is 18.5. The minimum absolute atomic E-state index is 0.0370. The van der Waals surface area contributed by atoms with Gasteiger partial charge in [-0.15, -0.1) is 0 Å². The number of carbonyl (C=O) groups is 1. The van der Waals surface area contributed by atoms with Crippen molar-refractivity contribution in [2.24, 2.45) is 5.92 Å². The maximum atomic E-state index is 11.3. The fraction of sp³-hybridized carbons (Fsp3) is 0.381. The van der Waals surface area contributed by atoms with E-state index in [0.29, 0.717) is 12.8 Å². The Hall–Kier alpha value is -2.53. The molecule has 0 bridgehead atoms. The quantitative estimate of drug-likeness (QED) is 0.858.